The fourth-order valence-corrected chi connectivity index (χ4v) is 6.08. The summed E-state index contributed by atoms with van der Waals surface area (Å²) in [5, 5.41) is 4.83. The zero-order valence-corrected chi connectivity index (χ0v) is 19.5. The molecule has 2 aromatic carbocycles. The zero-order chi connectivity index (χ0) is 22.4. The van der Waals surface area contributed by atoms with Gasteiger partial charge in [-0.15, -0.1) is 11.8 Å². The summed E-state index contributed by atoms with van der Waals surface area (Å²) in [6, 6.07) is 18.4. The highest BCUT2D eigenvalue weighted by molar-refractivity contribution is 7.99. The number of para-hydroxylation sites is 1. The van der Waals surface area contributed by atoms with E-state index in [4.69, 9.17) is 0 Å². The molecule has 0 spiro atoms. The van der Waals surface area contributed by atoms with E-state index < -0.39 is 10.0 Å². The third-order valence-electron chi connectivity index (χ3n) is 5.49. The van der Waals surface area contributed by atoms with Gasteiger partial charge in [-0.25, -0.2) is 13.4 Å². The van der Waals surface area contributed by atoms with Gasteiger partial charge in [-0.2, -0.15) is 4.31 Å². The number of carbonyl (C=O) groups is 1. The number of aromatic nitrogens is 1. The first kappa shape index (κ1) is 22.8. The van der Waals surface area contributed by atoms with Crippen molar-refractivity contribution in [3.05, 3.63) is 60.7 Å². The number of sulfonamides is 1. The molecule has 0 aliphatic carbocycles. The molecule has 0 saturated carbocycles. The standard InChI is InChI=1S/C24H27N3O3S2/c28-23(15-18-31-24-14-9-19-7-3-4-8-22(19)26-24)25-20-10-12-21(13-11-20)32(29,30)27-16-5-1-2-6-17-27/h3-4,7-14H,1-2,5-6,15-18H2,(H,25,28). The molecule has 1 N–H and O–H groups in total. The number of anilines is 1. The Morgan fingerprint density at radius 3 is 2.41 bits per heavy atom. The summed E-state index contributed by atoms with van der Waals surface area (Å²) in [5.74, 6) is 0.500. The van der Waals surface area contributed by atoms with Gasteiger partial charge in [0.1, 0.15) is 0 Å². The molecule has 1 aliphatic rings. The number of nitrogens with zero attached hydrogens (tertiary/aromatic N) is 2. The summed E-state index contributed by atoms with van der Waals surface area (Å²) in [5.41, 5.74) is 1.54. The van der Waals surface area contributed by atoms with Crippen molar-refractivity contribution in [3.8, 4) is 0 Å². The lowest BCUT2D eigenvalue weighted by atomic mass is 10.2. The van der Waals surface area contributed by atoms with Gasteiger partial charge in [0.2, 0.25) is 15.9 Å². The predicted molar refractivity (Wildman–Crippen MR) is 129 cm³/mol. The van der Waals surface area contributed by atoms with Crippen molar-refractivity contribution in [1.82, 2.24) is 9.29 Å². The van der Waals surface area contributed by atoms with Gasteiger partial charge >= 0.3 is 0 Å². The monoisotopic (exact) mass is 469 g/mol. The molecular weight excluding hydrogens is 442 g/mol. The molecule has 1 aromatic heterocycles. The Kier molecular flexibility index (Phi) is 7.44. The molecule has 6 nitrogen and oxygen atoms in total. The molecule has 1 fully saturated rings. The third kappa shape index (κ3) is 5.68. The Balaban J connectivity index is 1.29. The first-order valence-corrected chi connectivity index (χ1v) is 13.3. The highest BCUT2D eigenvalue weighted by Crippen LogP contribution is 2.23. The topological polar surface area (TPSA) is 79.4 Å². The molecule has 0 atom stereocenters. The van der Waals surface area contributed by atoms with Crippen LogP contribution in [0.1, 0.15) is 32.1 Å². The molecule has 0 unspecified atom stereocenters. The number of thioether (sulfide) groups is 1. The van der Waals surface area contributed by atoms with E-state index in [1.807, 2.05) is 36.4 Å². The van der Waals surface area contributed by atoms with Crippen LogP contribution in [0.4, 0.5) is 5.69 Å². The van der Waals surface area contributed by atoms with Crippen LogP contribution in [0.5, 0.6) is 0 Å². The van der Waals surface area contributed by atoms with Crippen LogP contribution in [-0.2, 0) is 14.8 Å². The molecule has 32 heavy (non-hydrogen) atoms. The summed E-state index contributed by atoms with van der Waals surface area (Å²) < 4.78 is 27.3. The Morgan fingerprint density at radius 2 is 1.66 bits per heavy atom. The van der Waals surface area contributed by atoms with Gasteiger partial charge in [-0.05, 0) is 49.2 Å². The van der Waals surface area contributed by atoms with Gasteiger partial charge in [0.05, 0.1) is 15.4 Å². The minimum atomic E-state index is -3.48. The number of fused-ring (bicyclic) bond motifs is 1. The average molecular weight is 470 g/mol. The maximum atomic E-state index is 12.9. The number of hydrogen-bond acceptors (Lipinski definition) is 5. The Morgan fingerprint density at radius 1 is 0.938 bits per heavy atom. The summed E-state index contributed by atoms with van der Waals surface area (Å²) in [6.07, 6.45) is 4.30. The normalized spacial score (nSPS) is 15.4. The van der Waals surface area contributed by atoms with Crippen LogP contribution >= 0.6 is 11.8 Å². The van der Waals surface area contributed by atoms with Crippen LogP contribution in [0.3, 0.4) is 0 Å². The van der Waals surface area contributed by atoms with E-state index in [1.165, 1.54) is 0 Å². The third-order valence-corrected chi connectivity index (χ3v) is 8.34. The van der Waals surface area contributed by atoms with Gasteiger partial charge in [0.25, 0.3) is 0 Å². The lowest BCUT2D eigenvalue weighted by molar-refractivity contribution is -0.115. The highest BCUT2D eigenvalue weighted by Gasteiger charge is 2.24. The maximum Gasteiger partial charge on any atom is 0.243 e. The number of hydrogen-bond donors (Lipinski definition) is 1. The van der Waals surface area contributed by atoms with Crippen LogP contribution in [0.15, 0.2) is 70.6 Å². The average Bonchev–Trinajstić information content (AvgIpc) is 3.10. The number of benzene rings is 2. The van der Waals surface area contributed by atoms with Crippen LogP contribution in [-0.4, -0.2) is 42.5 Å². The van der Waals surface area contributed by atoms with Crippen LogP contribution < -0.4 is 5.32 Å². The minimum Gasteiger partial charge on any atom is -0.326 e. The molecule has 2 heterocycles. The smallest absolute Gasteiger partial charge is 0.243 e. The van der Waals surface area contributed by atoms with Crippen LogP contribution in [0.25, 0.3) is 10.9 Å². The van der Waals surface area contributed by atoms with Crippen LogP contribution in [0.2, 0.25) is 0 Å². The molecule has 1 aliphatic heterocycles. The fraction of sp³-hybridized carbons (Fsp3) is 0.333. The number of carbonyl (C=O) groups excluding carboxylic acids is 1. The molecule has 4 rings (SSSR count). The van der Waals surface area contributed by atoms with E-state index >= 15 is 0 Å². The second-order valence-electron chi connectivity index (χ2n) is 7.83. The largest absolute Gasteiger partial charge is 0.326 e. The second kappa shape index (κ2) is 10.5. The molecule has 1 saturated heterocycles. The van der Waals surface area contributed by atoms with Crippen molar-refractivity contribution < 1.29 is 13.2 Å². The number of nitrogens with one attached hydrogen (secondary N) is 1. The van der Waals surface area contributed by atoms with Gasteiger partial charge in [-0.1, -0.05) is 37.1 Å². The summed E-state index contributed by atoms with van der Waals surface area (Å²) in [7, 11) is -3.48. The van der Waals surface area contributed by atoms with Crippen molar-refractivity contribution in [1.29, 1.82) is 0 Å². The van der Waals surface area contributed by atoms with Crippen molar-refractivity contribution in [2.24, 2.45) is 0 Å². The van der Waals surface area contributed by atoms with Crippen molar-refractivity contribution in [2.75, 3.05) is 24.2 Å². The first-order valence-electron chi connectivity index (χ1n) is 10.9. The van der Waals surface area contributed by atoms with Gasteiger partial charge in [-0.3, -0.25) is 4.79 Å². The second-order valence-corrected chi connectivity index (χ2v) is 10.9. The van der Waals surface area contributed by atoms with Crippen molar-refractivity contribution in [2.45, 2.75) is 42.0 Å². The van der Waals surface area contributed by atoms with E-state index in [0.717, 1.165) is 41.6 Å². The van der Waals surface area contributed by atoms with E-state index in [2.05, 4.69) is 10.3 Å². The van der Waals surface area contributed by atoms with E-state index in [9.17, 15) is 13.2 Å². The molecule has 0 radical (unpaired) electrons. The number of pyridine rings is 1. The molecule has 3 aromatic rings. The van der Waals surface area contributed by atoms with E-state index in [1.54, 1.807) is 40.3 Å². The minimum absolute atomic E-state index is 0.110. The van der Waals surface area contributed by atoms with Gasteiger partial charge in [0.15, 0.2) is 0 Å². The number of amides is 1. The Bertz CT molecular complexity index is 1170. The lowest BCUT2D eigenvalue weighted by Crippen LogP contribution is -2.31. The Hall–Kier alpha value is -2.42. The van der Waals surface area contributed by atoms with Crippen LogP contribution in [0, 0.1) is 0 Å². The predicted octanol–water partition coefficient (Wildman–Crippen LogP) is 4.92. The van der Waals surface area contributed by atoms with E-state index in [-0.39, 0.29) is 10.8 Å². The van der Waals surface area contributed by atoms with E-state index in [0.29, 0.717) is 31.0 Å². The highest BCUT2D eigenvalue weighted by atomic mass is 32.2. The summed E-state index contributed by atoms with van der Waals surface area (Å²) in [4.78, 5) is 17.2. The molecule has 168 valence electrons. The molecule has 0 bridgehead atoms. The lowest BCUT2D eigenvalue weighted by Gasteiger charge is -2.20. The fourth-order valence-electron chi connectivity index (χ4n) is 3.74. The zero-order valence-electron chi connectivity index (χ0n) is 17.9. The van der Waals surface area contributed by atoms with Crippen molar-refractivity contribution in [3.63, 3.8) is 0 Å². The summed E-state index contributed by atoms with van der Waals surface area (Å²) in [6.45, 7) is 1.15. The first-order chi connectivity index (χ1) is 15.5. The summed E-state index contributed by atoms with van der Waals surface area (Å²) >= 11 is 1.54. The van der Waals surface area contributed by atoms with Crippen molar-refractivity contribution >= 4 is 44.3 Å². The maximum absolute atomic E-state index is 12.9. The quantitative estimate of drug-likeness (QED) is 0.497. The SMILES string of the molecule is O=C(CCSc1ccc2ccccc2n1)Nc1ccc(S(=O)(=O)N2CCCCCC2)cc1. The molecule has 1 amide bonds. The molecule has 8 heteroatoms. The number of rotatable bonds is 7. The van der Waals surface area contributed by atoms with Gasteiger partial charge in [0, 0.05) is 36.3 Å². The van der Waals surface area contributed by atoms with Gasteiger partial charge < -0.3 is 5.32 Å². The Labute approximate surface area is 193 Å². The molecular formula is C24H27N3O3S2.